The van der Waals surface area contributed by atoms with E-state index in [1.807, 2.05) is 11.4 Å². The van der Waals surface area contributed by atoms with Gasteiger partial charge in [0, 0.05) is 42.2 Å². The Morgan fingerprint density at radius 1 is 1.53 bits per heavy atom. The van der Waals surface area contributed by atoms with E-state index in [1.165, 1.54) is 4.88 Å². The highest BCUT2D eigenvalue weighted by molar-refractivity contribution is 7.09. The topological polar surface area (TPSA) is 69.8 Å². The molecule has 3 N–H and O–H groups in total. The van der Waals surface area contributed by atoms with Crippen LogP contribution in [-0.4, -0.2) is 29.2 Å². The molecule has 0 aromatic carbocycles. The van der Waals surface area contributed by atoms with Crippen LogP contribution in [0.5, 0.6) is 0 Å². The fourth-order valence-corrected chi connectivity index (χ4v) is 2.96. The van der Waals surface area contributed by atoms with Crippen LogP contribution in [0.4, 0.5) is 0 Å². The molecule has 0 bridgehead atoms. The molecule has 0 saturated heterocycles. The number of amides is 1. The van der Waals surface area contributed by atoms with Crippen LogP contribution in [0.2, 0.25) is 0 Å². The number of rotatable bonds is 4. The quantitative estimate of drug-likeness (QED) is 0.783. The molecule has 2 aromatic rings. The summed E-state index contributed by atoms with van der Waals surface area (Å²) in [6.45, 7) is 2.31. The molecule has 1 aliphatic rings. The first-order valence-corrected chi connectivity index (χ1v) is 7.30. The van der Waals surface area contributed by atoms with Gasteiger partial charge in [-0.2, -0.15) is 5.10 Å². The van der Waals surface area contributed by atoms with E-state index in [2.05, 4.69) is 26.9 Å². The van der Waals surface area contributed by atoms with Crippen LogP contribution in [0.1, 0.15) is 26.6 Å². The lowest BCUT2D eigenvalue weighted by molar-refractivity contribution is 0.0948. The molecule has 5 nitrogen and oxygen atoms in total. The summed E-state index contributed by atoms with van der Waals surface area (Å²) in [4.78, 5) is 13.4. The van der Waals surface area contributed by atoms with Gasteiger partial charge in [-0.25, -0.2) is 0 Å². The average Bonchev–Trinajstić information content (AvgIpc) is 3.07. The molecule has 1 amide bonds. The monoisotopic (exact) mass is 276 g/mol. The minimum absolute atomic E-state index is 0.0854. The van der Waals surface area contributed by atoms with E-state index in [-0.39, 0.29) is 5.91 Å². The van der Waals surface area contributed by atoms with Crippen LogP contribution in [0, 0.1) is 0 Å². The first-order valence-electron chi connectivity index (χ1n) is 6.42. The number of aromatic nitrogens is 2. The Labute approximate surface area is 115 Å². The molecule has 100 valence electrons. The predicted molar refractivity (Wildman–Crippen MR) is 74.4 cm³/mol. The number of carbonyl (C=O) groups excluding carboxylic acids is 1. The third-order valence-corrected chi connectivity index (χ3v) is 4.19. The third-order valence-electron chi connectivity index (χ3n) is 3.26. The fraction of sp³-hybridized carbons (Fsp3) is 0.385. The van der Waals surface area contributed by atoms with Gasteiger partial charge in [-0.3, -0.25) is 9.89 Å². The SMILES string of the molecule is O=C(NCCc1cccs1)c1n[nH]c2c1CNCC2. The van der Waals surface area contributed by atoms with Gasteiger partial charge in [0.1, 0.15) is 0 Å². The summed E-state index contributed by atoms with van der Waals surface area (Å²) in [5.74, 6) is -0.0854. The maximum atomic E-state index is 12.1. The van der Waals surface area contributed by atoms with E-state index in [0.29, 0.717) is 12.2 Å². The second-order valence-corrected chi connectivity index (χ2v) is 5.57. The number of H-pyrrole nitrogens is 1. The maximum absolute atomic E-state index is 12.1. The first kappa shape index (κ1) is 12.4. The van der Waals surface area contributed by atoms with Crippen LogP contribution >= 0.6 is 11.3 Å². The molecule has 19 heavy (non-hydrogen) atoms. The molecule has 3 heterocycles. The van der Waals surface area contributed by atoms with Gasteiger partial charge in [0.25, 0.3) is 5.91 Å². The van der Waals surface area contributed by atoms with Crippen molar-refractivity contribution >= 4 is 17.2 Å². The molecule has 0 aliphatic carbocycles. The van der Waals surface area contributed by atoms with Crippen molar-refractivity contribution in [2.24, 2.45) is 0 Å². The summed E-state index contributed by atoms with van der Waals surface area (Å²) in [5, 5.41) is 15.3. The Morgan fingerprint density at radius 2 is 2.47 bits per heavy atom. The number of hydrogen-bond acceptors (Lipinski definition) is 4. The van der Waals surface area contributed by atoms with Gasteiger partial charge in [-0.05, 0) is 17.9 Å². The molecule has 3 rings (SSSR count). The van der Waals surface area contributed by atoms with Crippen LogP contribution < -0.4 is 10.6 Å². The van der Waals surface area contributed by atoms with Crippen molar-refractivity contribution in [1.29, 1.82) is 0 Å². The molecule has 1 aliphatic heterocycles. The number of nitrogens with zero attached hydrogens (tertiary/aromatic N) is 1. The lowest BCUT2D eigenvalue weighted by atomic mass is 10.1. The van der Waals surface area contributed by atoms with E-state index in [4.69, 9.17) is 0 Å². The molecule has 0 unspecified atom stereocenters. The Morgan fingerprint density at radius 3 is 3.32 bits per heavy atom. The van der Waals surface area contributed by atoms with Crippen LogP contribution in [0.3, 0.4) is 0 Å². The highest BCUT2D eigenvalue weighted by Gasteiger charge is 2.20. The van der Waals surface area contributed by atoms with Crippen molar-refractivity contribution in [1.82, 2.24) is 20.8 Å². The fourth-order valence-electron chi connectivity index (χ4n) is 2.25. The van der Waals surface area contributed by atoms with Crippen molar-refractivity contribution in [2.75, 3.05) is 13.1 Å². The smallest absolute Gasteiger partial charge is 0.272 e. The van der Waals surface area contributed by atoms with Crippen molar-refractivity contribution < 1.29 is 4.79 Å². The summed E-state index contributed by atoms with van der Waals surface area (Å²) in [5.41, 5.74) is 2.63. The lowest BCUT2D eigenvalue weighted by Gasteiger charge is -2.12. The van der Waals surface area contributed by atoms with Crippen LogP contribution in [0.15, 0.2) is 17.5 Å². The second-order valence-electron chi connectivity index (χ2n) is 4.54. The van der Waals surface area contributed by atoms with Crippen LogP contribution in [-0.2, 0) is 19.4 Å². The van der Waals surface area contributed by atoms with E-state index in [0.717, 1.165) is 37.2 Å². The van der Waals surface area contributed by atoms with Gasteiger partial charge in [0.15, 0.2) is 5.69 Å². The molecule has 6 heteroatoms. The van der Waals surface area contributed by atoms with E-state index in [9.17, 15) is 4.79 Å². The molecule has 0 saturated carbocycles. The Kier molecular flexibility index (Phi) is 3.61. The third kappa shape index (κ3) is 2.69. The molecule has 2 aromatic heterocycles. The number of aromatic amines is 1. The zero-order valence-corrected chi connectivity index (χ0v) is 11.3. The molecule has 0 spiro atoms. The summed E-state index contributed by atoms with van der Waals surface area (Å²) in [6, 6.07) is 4.11. The zero-order valence-electron chi connectivity index (χ0n) is 10.5. The number of nitrogens with one attached hydrogen (secondary N) is 3. The first-order chi connectivity index (χ1) is 9.34. The minimum Gasteiger partial charge on any atom is -0.350 e. The lowest BCUT2D eigenvalue weighted by Crippen LogP contribution is -2.29. The van der Waals surface area contributed by atoms with Gasteiger partial charge in [0.05, 0.1) is 0 Å². The van der Waals surface area contributed by atoms with Gasteiger partial charge < -0.3 is 10.6 Å². The number of carbonyl (C=O) groups is 1. The normalized spacial score (nSPS) is 14.1. The standard InChI is InChI=1S/C13H16N4OS/c18-13(15-6-3-9-2-1-7-19-9)12-10-8-14-5-4-11(10)16-17-12/h1-2,7,14H,3-6,8H2,(H,15,18)(H,16,17). The van der Waals surface area contributed by atoms with E-state index in [1.54, 1.807) is 11.3 Å². The average molecular weight is 276 g/mol. The highest BCUT2D eigenvalue weighted by Crippen LogP contribution is 2.15. The second kappa shape index (κ2) is 5.54. The highest BCUT2D eigenvalue weighted by atomic mass is 32.1. The molecular formula is C13H16N4OS. The van der Waals surface area contributed by atoms with Gasteiger partial charge in [0.2, 0.25) is 0 Å². The molecule has 0 fully saturated rings. The number of fused-ring (bicyclic) bond motifs is 1. The Bertz CT molecular complexity index is 561. The summed E-state index contributed by atoms with van der Waals surface area (Å²) < 4.78 is 0. The van der Waals surface area contributed by atoms with E-state index < -0.39 is 0 Å². The Hall–Kier alpha value is -1.66. The van der Waals surface area contributed by atoms with Crippen molar-refractivity contribution in [3.8, 4) is 0 Å². The molecule has 0 radical (unpaired) electrons. The summed E-state index contributed by atoms with van der Waals surface area (Å²) in [6.07, 6.45) is 1.78. The van der Waals surface area contributed by atoms with Gasteiger partial charge in [-0.1, -0.05) is 6.07 Å². The maximum Gasteiger partial charge on any atom is 0.272 e. The van der Waals surface area contributed by atoms with E-state index >= 15 is 0 Å². The zero-order chi connectivity index (χ0) is 13.1. The summed E-state index contributed by atoms with van der Waals surface area (Å²) >= 11 is 1.71. The van der Waals surface area contributed by atoms with Crippen molar-refractivity contribution in [3.63, 3.8) is 0 Å². The van der Waals surface area contributed by atoms with Crippen molar-refractivity contribution in [2.45, 2.75) is 19.4 Å². The van der Waals surface area contributed by atoms with Gasteiger partial charge >= 0.3 is 0 Å². The summed E-state index contributed by atoms with van der Waals surface area (Å²) in [7, 11) is 0. The predicted octanol–water partition coefficient (Wildman–Crippen LogP) is 1.09. The van der Waals surface area contributed by atoms with Gasteiger partial charge in [-0.15, -0.1) is 11.3 Å². The Balaban J connectivity index is 1.59. The van der Waals surface area contributed by atoms with Crippen LogP contribution in [0.25, 0.3) is 0 Å². The minimum atomic E-state index is -0.0854. The largest absolute Gasteiger partial charge is 0.350 e. The molecule has 0 atom stereocenters. The number of hydrogen-bond donors (Lipinski definition) is 3. The number of thiophene rings is 1. The van der Waals surface area contributed by atoms with Crippen molar-refractivity contribution in [3.05, 3.63) is 39.3 Å². The molecular weight excluding hydrogens is 260 g/mol.